The first-order valence-electron chi connectivity index (χ1n) is 13.5. The SMILES string of the molecule is NC(=O)c1cc(-c2cccnc2C(Cc2cc(F)cc(F)c2)NC(=O)Cn2cc(CNC3CC3)c(C(F)(F)F)n2)ccc1F. The van der Waals surface area contributed by atoms with Gasteiger partial charge in [-0.15, -0.1) is 0 Å². The van der Waals surface area contributed by atoms with Crippen LogP contribution in [0.15, 0.2) is 60.9 Å². The number of primary amides is 1. The summed E-state index contributed by atoms with van der Waals surface area (Å²) >= 11 is 0. The molecule has 2 amide bonds. The van der Waals surface area contributed by atoms with Gasteiger partial charge in [0.1, 0.15) is 24.0 Å². The molecule has 1 aliphatic carbocycles. The molecule has 2 heterocycles. The number of nitrogens with two attached hydrogens (primary N) is 1. The number of aromatic nitrogens is 3. The van der Waals surface area contributed by atoms with Crippen LogP contribution in [0.25, 0.3) is 11.1 Å². The molecule has 1 aliphatic rings. The number of pyridine rings is 1. The van der Waals surface area contributed by atoms with Gasteiger partial charge in [-0.25, -0.2) is 13.2 Å². The molecule has 5 rings (SSSR count). The molecule has 4 aromatic rings. The molecule has 1 atom stereocenters. The fourth-order valence-corrected chi connectivity index (χ4v) is 4.84. The first kappa shape index (κ1) is 30.7. The standard InChI is InChI=1S/C30H26F6N6O2/c31-19-8-16(9-20(32)12-19)10-25(27-22(2-1-7-38-27)17-3-6-24(33)23(11-17)29(37)44)40-26(43)15-42-14-18(13-39-21-4-5-21)28(41-42)30(34,35)36/h1-3,6-9,11-12,14,21,25,39H,4-5,10,13,15H2,(H2,37,44)(H,40,43). The Kier molecular flexibility index (Phi) is 8.72. The van der Waals surface area contributed by atoms with Crippen LogP contribution < -0.4 is 16.4 Å². The third-order valence-corrected chi connectivity index (χ3v) is 6.98. The van der Waals surface area contributed by atoms with E-state index in [2.05, 4.69) is 20.7 Å². The van der Waals surface area contributed by atoms with E-state index in [9.17, 15) is 35.9 Å². The molecule has 230 valence electrons. The Morgan fingerprint density at radius 3 is 2.43 bits per heavy atom. The summed E-state index contributed by atoms with van der Waals surface area (Å²) < 4.78 is 84.2. The predicted molar refractivity (Wildman–Crippen MR) is 146 cm³/mol. The van der Waals surface area contributed by atoms with E-state index in [1.54, 1.807) is 12.1 Å². The van der Waals surface area contributed by atoms with Gasteiger partial charge in [0.15, 0.2) is 5.69 Å². The molecule has 2 aromatic carbocycles. The molecule has 0 saturated heterocycles. The number of benzene rings is 2. The Balaban J connectivity index is 1.47. The monoisotopic (exact) mass is 616 g/mol. The zero-order valence-electron chi connectivity index (χ0n) is 23.0. The molecular formula is C30H26F6N6O2. The summed E-state index contributed by atoms with van der Waals surface area (Å²) in [7, 11) is 0. The van der Waals surface area contributed by atoms with Crippen LogP contribution in [0.4, 0.5) is 26.3 Å². The van der Waals surface area contributed by atoms with Crippen LogP contribution >= 0.6 is 0 Å². The second-order valence-electron chi connectivity index (χ2n) is 10.5. The van der Waals surface area contributed by atoms with Crippen LogP contribution in [0.3, 0.4) is 0 Å². The number of nitrogens with zero attached hydrogens (tertiary/aromatic N) is 3. The van der Waals surface area contributed by atoms with E-state index in [0.29, 0.717) is 17.2 Å². The largest absolute Gasteiger partial charge is 0.435 e. The average molecular weight is 617 g/mol. The van der Waals surface area contributed by atoms with Crippen molar-refractivity contribution in [1.29, 1.82) is 0 Å². The Morgan fingerprint density at radius 2 is 1.77 bits per heavy atom. The lowest BCUT2D eigenvalue weighted by Gasteiger charge is -2.22. The fraction of sp³-hybridized carbons (Fsp3) is 0.267. The molecule has 1 saturated carbocycles. The van der Waals surface area contributed by atoms with Crippen molar-refractivity contribution in [2.75, 3.05) is 0 Å². The lowest BCUT2D eigenvalue weighted by atomic mass is 9.94. The molecule has 0 aliphatic heterocycles. The second kappa shape index (κ2) is 12.5. The number of carbonyl (C=O) groups is 2. The highest BCUT2D eigenvalue weighted by molar-refractivity contribution is 5.94. The highest BCUT2D eigenvalue weighted by Crippen LogP contribution is 2.32. The molecule has 8 nitrogen and oxygen atoms in total. The summed E-state index contributed by atoms with van der Waals surface area (Å²) in [5, 5.41) is 9.29. The summed E-state index contributed by atoms with van der Waals surface area (Å²) in [6, 6.07) is 8.61. The van der Waals surface area contributed by atoms with E-state index in [1.807, 2.05) is 0 Å². The van der Waals surface area contributed by atoms with Gasteiger partial charge in [-0.1, -0.05) is 12.1 Å². The summed E-state index contributed by atoms with van der Waals surface area (Å²) in [5.74, 6) is -4.35. The maximum absolute atomic E-state index is 14.2. The number of carbonyl (C=O) groups excluding carboxylic acids is 2. The zero-order valence-corrected chi connectivity index (χ0v) is 23.0. The Bertz CT molecular complexity index is 1680. The van der Waals surface area contributed by atoms with Gasteiger partial charge < -0.3 is 16.4 Å². The van der Waals surface area contributed by atoms with Crippen molar-refractivity contribution in [3.8, 4) is 11.1 Å². The molecule has 0 radical (unpaired) electrons. The molecule has 1 unspecified atom stereocenters. The van der Waals surface area contributed by atoms with Crippen LogP contribution in [-0.2, 0) is 30.5 Å². The summed E-state index contributed by atoms with van der Waals surface area (Å²) in [5.41, 5.74) is 4.65. The van der Waals surface area contributed by atoms with Gasteiger partial charge >= 0.3 is 6.18 Å². The maximum atomic E-state index is 14.2. The smallest absolute Gasteiger partial charge is 0.366 e. The molecule has 4 N–H and O–H groups in total. The van der Waals surface area contributed by atoms with Gasteiger partial charge in [0.25, 0.3) is 5.91 Å². The van der Waals surface area contributed by atoms with Crippen molar-refractivity contribution in [2.45, 2.75) is 50.6 Å². The Morgan fingerprint density at radius 1 is 1.05 bits per heavy atom. The quantitative estimate of drug-likeness (QED) is 0.209. The third kappa shape index (κ3) is 7.43. The van der Waals surface area contributed by atoms with Crippen molar-refractivity contribution in [1.82, 2.24) is 25.4 Å². The molecule has 14 heteroatoms. The van der Waals surface area contributed by atoms with Crippen LogP contribution in [0.5, 0.6) is 0 Å². The predicted octanol–water partition coefficient (Wildman–Crippen LogP) is 4.83. The van der Waals surface area contributed by atoms with Crippen LogP contribution in [-0.4, -0.2) is 32.6 Å². The highest BCUT2D eigenvalue weighted by atomic mass is 19.4. The molecule has 0 spiro atoms. The second-order valence-corrected chi connectivity index (χ2v) is 10.5. The third-order valence-electron chi connectivity index (χ3n) is 6.98. The van der Waals surface area contributed by atoms with E-state index in [-0.39, 0.29) is 35.8 Å². The summed E-state index contributed by atoms with van der Waals surface area (Å²) in [6.45, 7) is -0.678. The number of rotatable bonds is 11. The maximum Gasteiger partial charge on any atom is 0.435 e. The number of alkyl halides is 3. The number of amides is 2. The van der Waals surface area contributed by atoms with Crippen molar-refractivity contribution in [2.24, 2.45) is 5.73 Å². The van der Waals surface area contributed by atoms with Crippen molar-refractivity contribution < 1.29 is 35.9 Å². The van der Waals surface area contributed by atoms with Gasteiger partial charge in [-0.2, -0.15) is 18.3 Å². The summed E-state index contributed by atoms with van der Waals surface area (Å²) in [6.07, 6.45) is -0.654. The zero-order chi connectivity index (χ0) is 31.6. The highest BCUT2D eigenvalue weighted by Gasteiger charge is 2.37. The van der Waals surface area contributed by atoms with Crippen molar-refractivity contribution >= 4 is 11.8 Å². The number of hydrogen-bond acceptors (Lipinski definition) is 5. The molecule has 2 aromatic heterocycles. The minimum atomic E-state index is -4.74. The number of halogens is 6. The first-order valence-corrected chi connectivity index (χ1v) is 13.5. The van der Waals surface area contributed by atoms with E-state index in [1.165, 1.54) is 18.3 Å². The number of nitrogens with one attached hydrogen (secondary N) is 2. The number of hydrogen-bond donors (Lipinski definition) is 3. The van der Waals surface area contributed by atoms with E-state index in [0.717, 1.165) is 41.9 Å². The first-order chi connectivity index (χ1) is 20.9. The van der Waals surface area contributed by atoms with Crippen molar-refractivity contribution in [3.63, 3.8) is 0 Å². The van der Waals surface area contributed by atoms with Crippen LogP contribution in [0.1, 0.15) is 51.8 Å². The van der Waals surface area contributed by atoms with Crippen LogP contribution in [0.2, 0.25) is 0 Å². The minimum Gasteiger partial charge on any atom is -0.366 e. The van der Waals surface area contributed by atoms with Crippen LogP contribution in [0, 0.1) is 17.5 Å². The van der Waals surface area contributed by atoms with Gasteiger partial charge in [-0.3, -0.25) is 19.3 Å². The Labute approximate surface area is 247 Å². The van der Waals surface area contributed by atoms with E-state index in [4.69, 9.17) is 5.73 Å². The van der Waals surface area contributed by atoms with E-state index >= 15 is 0 Å². The lowest BCUT2D eigenvalue weighted by Crippen LogP contribution is -2.34. The Hall–Kier alpha value is -4.72. The minimum absolute atomic E-state index is 0.0723. The normalized spacial score (nSPS) is 14.0. The van der Waals surface area contributed by atoms with Gasteiger partial charge in [0.05, 0.1) is 17.3 Å². The lowest BCUT2D eigenvalue weighted by molar-refractivity contribution is -0.142. The van der Waals surface area contributed by atoms with Gasteiger partial charge in [0.2, 0.25) is 5.91 Å². The molecular weight excluding hydrogens is 590 g/mol. The fourth-order valence-electron chi connectivity index (χ4n) is 4.84. The topological polar surface area (TPSA) is 115 Å². The molecule has 1 fully saturated rings. The van der Waals surface area contributed by atoms with E-state index < -0.39 is 59.3 Å². The van der Waals surface area contributed by atoms with Gasteiger partial charge in [-0.05, 0) is 60.7 Å². The van der Waals surface area contributed by atoms with Crippen molar-refractivity contribution in [3.05, 3.63) is 106 Å². The van der Waals surface area contributed by atoms with Gasteiger partial charge in [0, 0.05) is 42.2 Å². The average Bonchev–Trinajstić information content (AvgIpc) is 3.68. The molecule has 0 bridgehead atoms. The summed E-state index contributed by atoms with van der Waals surface area (Å²) in [4.78, 5) is 29.4. The molecule has 44 heavy (non-hydrogen) atoms.